The molecule has 0 N–H and O–H groups in total. The van der Waals surface area contributed by atoms with Crippen LogP contribution >= 0.6 is 0 Å². The van der Waals surface area contributed by atoms with Crippen LogP contribution in [0.5, 0.6) is 0 Å². The molecule has 0 saturated carbocycles. The lowest BCUT2D eigenvalue weighted by molar-refractivity contribution is -0.167. The van der Waals surface area contributed by atoms with E-state index in [1.807, 2.05) is 0 Å². The lowest BCUT2D eigenvalue weighted by atomic mass is 10.1. The van der Waals surface area contributed by atoms with Gasteiger partial charge in [-0.1, -0.05) is 264 Å². The first-order chi connectivity index (χ1) is 38.5. The Hall–Kier alpha value is -4.45. The summed E-state index contributed by atoms with van der Waals surface area (Å²) in [4.78, 5) is 38.4. The van der Waals surface area contributed by atoms with Gasteiger partial charge in [-0.05, 0) is 135 Å². The Balaban J connectivity index is 4.45. The molecule has 0 aromatic rings. The zero-order valence-corrected chi connectivity index (χ0v) is 50.6. The Morgan fingerprint density at radius 2 is 0.500 bits per heavy atom. The molecule has 6 nitrogen and oxygen atoms in total. The number of ether oxygens (including phenoxy) is 3. The standard InChI is InChI=1S/C72H118O6/c1-4-7-10-13-16-19-22-25-28-31-33-34-35-36-37-38-40-41-44-47-50-53-56-59-62-65-71(74)77-68-69(67-76-70(73)64-61-58-55-52-49-46-43-30-27-24-21-18-15-12-9-6-3)78-72(75)66-63-60-57-54-51-48-45-42-39-32-29-26-23-20-17-14-11-8-5-2/h7-8,10-11,16-17,19-20,25-26,28-30,33-34,36-37,39,42-43,48,51,69H,4-6,9,12-15,18,21-24,27,31-32,35,38,40-41,44-47,49-50,52-68H2,1-3H3/b10-7-,11-8-,19-16-,20-17-,28-25-,29-26-,34-33-,37-36-,42-39-,43-30-,51-48-. The van der Waals surface area contributed by atoms with E-state index in [0.717, 1.165) is 148 Å². The van der Waals surface area contributed by atoms with E-state index in [9.17, 15) is 14.4 Å². The number of esters is 3. The summed E-state index contributed by atoms with van der Waals surface area (Å²) < 4.78 is 16.9. The van der Waals surface area contributed by atoms with Crippen LogP contribution in [0, 0.1) is 0 Å². The number of allylic oxidation sites excluding steroid dienone is 22. The molecule has 1 unspecified atom stereocenters. The molecule has 1 atom stereocenters. The maximum Gasteiger partial charge on any atom is 0.306 e. The van der Waals surface area contributed by atoms with Crippen molar-refractivity contribution >= 4 is 17.9 Å². The molecule has 0 aliphatic carbocycles. The van der Waals surface area contributed by atoms with Crippen LogP contribution in [0.4, 0.5) is 0 Å². The Labute approximate surface area is 481 Å². The zero-order chi connectivity index (χ0) is 56.4. The average molecular weight is 1080 g/mol. The fourth-order valence-electron chi connectivity index (χ4n) is 8.61. The van der Waals surface area contributed by atoms with Gasteiger partial charge in [0.1, 0.15) is 13.2 Å². The maximum atomic E-state index is 12.9. The molecular formula is C72H118O6. The first kappa shape index (κ1) is 73.5. The first-order valence-electron chi connectivity index (χ1n) is 32.2. The van der Waals surface area contributed by atoms with E-state index < -0.39 is 6.10 Å². The number of carbonyl (C=O) groups excluding carboxylic acids is 3. The second-order valence-electron chi connectivity index (χ2n) is 20.9. The SMILES string of the molecule is CC/C=C\C/C=C\C/C=C\C/C=C\C/C=C\CCCCCCCCCCCC(=O)OCC(COC(=O)CCCCCCC/C=C\CCCCCCCCC)OC(=O)CCCCC/C=C\C/C=C\C/C=C\C/C=C\C/C=C\CC. The van der Waals surface area contributed by atoms with Gasteiger partial charge in [0.05, 0.1) is 0 Å². The molecule has 0 aromatic heterocycles. The average Bonchev–Trinajstić information content (AvgIpc) is 3.44. The van der Waals surface area contributed by atoms with Crippen molar-refractivity contribution in [2.45, 2.75) is 290 Å². The molecule has 442 valence electrons. The smallest absolute Gasteiger partial charge is 0.306 e. The lowest BCUT2D eigenvalue weighted by Gasteiger charge is -2.18. The van der Waals surface area contributed by atoms with Gasteiger partial charge >= 0.3 is 17.9 Å². The van der Waals surface area contributed by atoms with Gasteiger partial charge in [-0.3, -0.25) is 14.4 Å². The first-order valence-corrected chi connectivity index (χ1v) is 32.2. The quantitative estimate of drug-likeness (QED) is 0.0261. The molecule has 0 bridgehead atoms. The van der Waals surface area contributed by atoms with Crippen LogP contribution in [0.1, 0.15) is 284 Å². The molecule has 0 heterocycles. The molecule has 0 spiro atoms. The molecule has 0 fully saturated rings. The number of hydrogen-bond acceptors (Lipinski definition) is 6. The summed E-state index contributed by atoms with van der Waals surface area (Å²) in [6.45, 7) is 6.38. The van der Waals surface area contributed by atoms with Gasteiger partial charge in [-0.2, -0.15) is 0 Å². The van der Waals surface area contributed by atoms with Crippen molar-refractivity contribution in [3.05, 3.63) is 134 Å². The highest BCUT2D eigenvalue weighted by Gasteiger charge is 2.19. The number of rotatable bonds is 57. The van der Waals surface area contributed by atoms with Crippen LogP contribution < -0.4 is 0 Å². The van der Waals surface area contributed by atoms with Crippen LogP contribution in [0.25, 0.3) is 0 Å². The summed E-state index contributed by atoms with van der Waals surface area (Å²) in [6, 6.07) is 0. The van der Waals surface area contributed by atoms with E-state index in [0.29, 0.717) is 12.8 Å². The molecular weight excluding hydrogens is 961 g/mol. The van der Waals surface area contributed by atoms with Crippen molar-refractivity contribution in [3.8, 4) is 0 Å². The second-order valence-corrected chi connectivity index (χ2v) is 20.9. The van der Waals surface area contributed by atoms with E-state index in [1.165, 1.54) is 96.3 Å². The van der Waals surface area contributed by atoms with Crippen molar-refractivity contribution in [2.75, 3.05) is 13.2 Å². The fraction of sp³-hybridized carbons (Fsp3) is 0.653. The number of carbonyl (C=O) groups is 3. The normalized spacial score (nSPS) is 13.0. The van der Waals surface area contributed by atoms with Crippen molar-refractivity contribution in [1.82, 2.24) is 0 Å². The van der Waals surface area contributed by atoms with Gasteiger partial charge in [0.15, 0.2) is 6.10 Å². The molecule has 0 radical (unpaired) electrons. The summed E-state index contributed by atoms with van der Waals surface area (Å²) in [5.74, 6) is -0.944. The third-order valence-corrected chi connectivity index (χ3v) is 13.4. The molecule has 6 heteroatoms. The predicted octanol–water partition coefficient (Wildman–Crippen LogP) is 22.2. The Morgan fingerprint density at radius 3 is 0.808 bits per heavy atom. The third kappa shape index (κ3) is 62.4. The van der Waals surface area contributed by atoms with E-state index in [1.54, 1.807) is 0 Å². The highest BCUT2D eigenvalue weighted by atomic mass is 16.6. The van der Waals surface area contributed by atoms with Gasteiger partial charge in [-0.25, -0.2) is 0 Å². The minimum atomic E-state index is -0.808. The molecule has 0 saturated heterocycles. The van der Waals surface area contributed by atoms with Gasteiger partial charge in [0.2, 0.25) is 0 Å². The largest absolute Gasteiger partial charge is 0.462 e. The molecule has 0 rings (SSSR count). The summed E-state index contributed by atoms with van der Waals surface area (Å²) in [7, 11) is 0. The second kappa shape index (κ2) is 65.1. The molecule has 78 heavy (non-hydrogen) atoms. The Kier molecular flexibility index (Phi) is 61.4. The van der Waals surface area contributed by atoms with E-state index in [2.05, 4.69) is 154 Å². The van der Waals surface area contributed by atoms with Crippen molar-refractivity contribution in [3.63, 3.8) is 0 Å². The van der Waals surface area contributed by atoms with E-state index in [-0.39, 0.29) is 37.5 Å². The van der Waals surface area contributed by atoms with Crippen molar-refractivity contribution in [1.29, 1.82) is 0 Å². The molecule has 0 aliphatic heterocycles. The highest BCUT2D eigenvalue weighted by molar-refractivity contribution is 5.71. The lowest BCUT2D eigenvalue weighted by Crippen LogP contribution is -2.30. The third-order valence-electron chi connectivity index (χ3n) is 13.4. The van der Waals surface area contributed by atoms with Gasteiger partial charge in [-0.15, -0.1) is 0 Å². The minimum absolute atomic E-state index is 0.101. The van der Waals surface area contributed by atoms with Crippen molar-refractivity contribution in [2.24, 2.45) is 0 Å². The highest BCUT2D eigenvalue weighted by Crippen LogP contribution is 2.15. The predicted molar refractivity (Wildman–Crippen MR) is 339 cm³/mol. The fourth-order valence-corrected chi connectivity index (χ4v) is 8.61. The monoisotopic (exact) mass is 1080 g/mol. The van der Waals surface area contributed by atoms with Crippen molar-refractivity contribution < 1.29 is 28.6 Å². The Morgan fingerprint density at radius 1 is 0.269 bits per heavy atom. The summed E-state index contributed by atoms with van der Waals surface area (Å²) in [6.07, 6.45) is 91.6. The van der Waals surface area contributed by atoms with Crippen LogP contribution in [0.2, 0.25) is 0 Å². The van der Waals surface area contributed by atoms with Crippen LogP contribution in [-0.2, 0) is 28.6 Å². The van der Waals surface area contributed by atoms with Gasteiger partial charge < -0.3 is 14.2 Å². The van der Waals surface area contributed by atoms with Gasteiger partial charge in [0.25, 0.3) is 0 Å². The van der Waals surface area contributed by atoms with E-state index in [4.69, 9.17) is 14.2 Å². The van der Waals surface area contributed by atoms with Gasteiger partial charge in [0, 0.05) is 19.3 Å². The zero-order valence-electron chi connectivity index (χ0n) is 50.6. The summed E-state index contributed by atoms with van der Waals surface area (Å²) in [5.41, 5.74) is 0. The molecule has 0 aliphatic rings. The Bertz CT molecular complexity index is 1670. The number of unbranched alkanes of at least 4 members (excludes halogenated alkanes) is 24. The van der Waals surface area contributed by atoms with Crippen LogP contribution in [-0.4, -0.2) is 37.2 Å². The molecule has 0 aromatic carbocycles. The summed E-state index contributed by atoms with van der Waals surface area (Å²) in [5, 5.41) is 0. The maximum absolute atomic E-state index is 12.9. The topological polar surface area (TPSA) is 78.9 Å². The van der Waals surface area contributed by atoms with Crippen LogP contribution in [0.3, 0.4) is 0 Å². The summed E-state index contributed by atoms with van der Waals surface area (Å²) >= 11 is 0. The minimum Gasteiger partial charge on any atom is -0.462 e. The molecule has 0 amide bonds. The number of hydrogen-bond donors (Lipinski definition) is 0. The van der Waals surface area contributed by atoms with Crippen LogP contribution in [0.15, 0.2) is 134 Å². The van der Waals surface area contributed by atoms with E-state index >= 15 is 0 Å².